The molecule has 27 heavy (non-hydrogen) atoms. The molecular weight excluding hydrogens is 353 g/mol. The summed E-state index contributed by atoms with van der Waals surface area (Å²) in [5.41, 5.74) is 7.13. The van der Waals surface area contributed by atoms with E-state index in [1.54, 1.807) is 11.9 Å². The minimum Gasteiger partial charge on any atom is -0.478 e. The predicted octanol–water partition coefficient (Wildman–Crippen LogP) is 1.66. The highest BCUT2D eigenvalue weighted by atomic mass is 19.1. The van der Waals surface area contributed by atoms with Gasteiger partial charge in [0.1, 0.15) is 0 Å². The Bertz CT molecular complexity index is 759. The molecule has 2 fully saturated rings. The number of amides is 3. The van der Waals surface area contributed by atoms with Crippen molar-refractivity contribution in [3.05, 3.63) is 17.9 Å². The molecule has 1 saturated carbocycles. The summed E-state index contributed by atoms with van der Waals surface area (Å²) in [5, 5.41) is 5.23. The van der Waals surface area contributed by atoms with Crippen molar-refractivity contribution in [2.24, 2.45) is 5.92 Å². The third kappa shape index (κ3) is 3.70. The molecule has 3 unspecified atom stereocenters. The fraction of sp³-hybridized carbons (Fsp3) is 0.556. The van der Waals surface area contributed by atoms with Gasteiger partial charge in [-0.1, -0.05) is 12.8 Å². The summed E-state index contributed by atoms with van der Waals surface area (Å²) in [6.45, 7) is 0.330. The van der Waals surface area contributed by atoms with Crippen LogP contribution in [0.5, 0.6) is 5.75 Å². The van der Waals surface area contributed by atoms with E-state index in [1.807, 2.05) is 0 Å². The van der Waals surface area contributed by atoms with Gasteiger partial charge in [0.15, 0.2) is 18.2 Å². The predicted molar refractivity (Wildman–Crippen MR) is 98.0 cm³/mol. The van der Waals surface area contributed by atoms with Crippen molar-refractivity contribution in [3.8, 4) is 5.75 Å². The quantitative estimate of drug-likeness (QED) is 0.643. The maximum atomic E-state index is 14.2. The molecule has 2 aliphatic heterocycles. The van der Waals surface area contributed by atoms with E-state index in [0.717, 1.165) is 12.8 Å². The number of hydrogen-bond donors (Lipinski definition) is 4. The number of likely N-dealkylation sites (N-methyl/N-ethyl adjacent to an activating group) is 1. The SMILES string of the molecule is CN(CC1NNC2CCCCC21)C(=O)Nc1cc(F)c2c(c1)NC(=O)CO2. The molecule has 3 atom stereocenters. The van der Waals surface area contributed by atoms with Crippen molar-refractivity contribution in [3.63, 3.8) is 0 Å². The second-order valence-corrected chi connectivity index (χ2v) is 7.43. The van der Waals surface area contributed by atoms with Crippen molar-refractivity contribution >= 4 is 23.3 Å². The van der Waals surface area contributed by atoms with Gasteiger partial charge in [-0.15, -0.1) is 0 Å². The largest absolute Gasteiger partial charge is 0.478 e. The number of benzene rings is 1. The molecule has 8 nitrogen and oxygen atoms in total. The molecular formula is C18H24FN5O3. The molecule has 9 heteroatoms. The second-order valence-electron chi connectivity index (χ2n) is 7.43. The van der Waals surface area contributed by atoms with E-state index in [-0.39, 0.29) is 41.7 Å². The van der Waals surface area contributed by atoms with Gasteiger partial charge in [-0.3, -0.25) is 15.6 Å². The maximum Gasteiger partial charge on any atom is 0.321 e. The molecule has 1 aromatic carbocycles. The van der Waals surface area contributed by atoms with Crippen LogP contribution in [0.2, 0.25) is 0 Å². The zero-order valence-corrected chi connectivity index (χ0v) is 15.2. The monoisotopic (exact) mass is 377 g/mol. The zero-order chi connectivity index (χ0) is 19.0. The molecule has 3 amide bonds. The first-order valence-electron chi connectivity index (χ1n) is 9.30. The molecule has 0 bridgehead atoms. The molecule has 1 saturated heterocycles. The molecule has 146 valence electrons. The molecule has 0 aromatic heterocycles. The lowest BCUT2D eigenvalue weighted by molar-refractivity contribution is -0.118. The Kier molecular flexibility index (Phi) is 4.88. The molecule has 0 radical (unpaired) electrons. The highest BCUT2D eigenvalue weighted by Crippen LogP contribution is 2.34. The maximum absolute atomic E-state index is 14.2. The van der Waals surface area contributed by atoms with Crippen LogP contribution in [0, 0.1) is 11.7 Å². The number of ether oxygens (including phenoxy) is 1. The van der Waals surface area contributed by atoms with Crippen molar-refractivity contribution in [1.82, 2.24) is 15.8 Å². The van der Waals surface area contributed by atoms with Gasteiger partial charge in [-0.2, -0.15) is 0 Å². The van der Waals surface area contributed by atoms with E-state index in [9.17, 15) is 14.0 Å². The van der Waals surface area contributed by atoms with Crippen LogP contribution in [-0.4, -0.2) is 49.1 Å². The number of hydrogen-bond acceptors (Lipinski definition) is 5. The summed E-state index contributed by atoms with van der Waals surface area (Å²) in [6.07, 6.45) is 4.77. The highest BCUT2D eigenvalue weighted by Gasteiger charge is 2.38. The zero-order valence-electron chi connectivity index (χ0n) is 15.2. The first-order valence-corrected chi connectivity index (χ1v) is 9.30. The van der Waals surface area contributed by atoms with Gasteiger partial charge < -0.3 is 20.3 Å². The molecule has 2 heterocycles. The smallest absolute Gasteiger partial charge is 0.321 e. The number of carbonyl (C=O) groups excluding carboxylic acids is 2. The van der Waals surface area contributed by atoms with Crippen LogP contribution in [0.3, 0.4) is 0 Å². The van der Waals surface area contributed by atoms with Gasteiger partial charge in [-0.05, 0) is 24.8 Å². The first-order chi connectivity index (χ1) is 13.0. The number of carbonyl (C=O) groups is 2. The standard InChI is InChI=1S/C18H24FN5O3/c1-24(8-15-11-4-2-3-5-13(11)22-23-15)18(26)20-10-6-12(19)17-14(7-10)21-16(25)9-27-17/h6-7,11,13,15,22-23H,2-5,8-9H2,1H3,(H,20,26)(H,21,25). The molecule has 1 aliphatic carbocycles. The number of fused-ring (bicyclic) bond motifs is 2. The Hall–Kier alpha value is -2.39. The molecule has 0 spiro atoms. The minimum atomic E-state index is -0.628. The van der Waals surface area contributed by atoms with E-state index in [2.05, 4.69) is 21.5 Å². The number of nitrogens with zero attached hydrogens (tertiary/aromatic N) is 1. The summed E-state index contributed by atoms with van der Waals surface area (Å²) in [4.78, 5) is 25.5. The van der Waals surface area contributed by atoms with E-state index in [0.29, 0.717) is 18.5 Å². The van der Waals surface area contributed by atoms with Gasteiger partial charge >= 0.3 is 6.03 Å². The lowest BCUT2D eigenvalue weighted by Crippen LogP contribution is -2.44. The Morgan fingerprint density at radius 2 is 2.15 bits per heavy atom. The lowest BCUT2D eigenvalue weighted by atomic mass is 9.82. The Morgan fingerprint density at radius 3 is 3.00 bits per heavy atom. The average molecular weight is 377 g/mol. The fourth-order valence-electron chi connectivity index (χ4n) is 4.15. The van der Waals surface area contributed by atoms with Crippen LogP contribution in [0.25, 0.3) is 0 Å². The van der Waals surface area contributed by atoms with E-state index >= 15 is 0 Å². The van der Waals surface area contributed by atoms with Crippen LogP contribution < -0.4 is 26.2 Å². The summed E-state index contributed by atoms with van der Waals surface area (Å²) in [6, 6.07) is 3.01. The summed E-state index contributed by atoms with van der Waals surface area (Å²) in [5.74, 6) is -0.477. The van der Waals surface area contributed by atoms with Gasteiger partial charge in [0.05, 0.1) is 5.69 Å². The van der Waals surface area contributed by atoms with Crippen molar-refractivity contribution in [2.75, 3.05) is 30.8 Å². The third-order valence-electron chi connectivity index (χ3n) is 5.52. The second kappa shape index (κ2) is 7.32. The first kappa shape index (κ1) is 18.0. The minimum absolute atomic E-state index is 0.00877. The topological polar surface area (TPSA) is 94.7 Å². The van der Waals surface area contributed by atoms with Crippen molar-refractivity contribution in [1.29, 1.82) is 0 Å². The number of nitrogens with one attached hydrogen (secondary N) is 4. The molecule has 4 rings (SSSR count). The van der Waals surface area contributed by atoms with Crippen molar-refractivity contribution in [2.45, 2.75) is 37.8 Å². The summed E-state index contributed by atoms with van der Waals surface area (Å²) in [7, 11) is 1.72. The van der Waals surface area contributed by atoms with Gasteiger partial charge in [-0.25, -0.2) is 9.18 Å². The van der Waals surface area contributed by atoms with Gasteiger partial charge in [0, 0.05) is 37.4 Å². The normalized spacial score (nSPS) is 26.4. The van der Waals surface area contributed by atoms with Crippen molar-refractivity contribution < 1.29 is 18.7 Å². The van der Waals surface area contributed by atoms with E-state index in [4.69, 9.17) is 4.74 Å². The van der Waals surface area contributed by atoms with Crippen LogP contribution in [0.4, 0.5) is 20.6 Å². The molecule has 3 aliphatic rings. The number of hydrazine groups is 1. The highest BCUT2D eigenvalue weighted by molar-refractivity contribution is 5.97. The number of rotatable bonds is 3. The number of anilines is 2. The molecule has 4 N–H and O–H groups in total. The number of halogens is 1. The van der Waals surface area contributed by atoms with Gasteiger partial charge in [0.25, 0.3) is 5.91 Å². The van der Waals surface area contributed by atoms with Crippen LogP contribution in [0.1, 0.15) is 25.7 Å². The third-order valence-corrected chi connectivity index (χ3v) is 5.52. The Morgan fingerprint density at radius 1 is 1.33 bits per heavy atom. The van der Waals surface area contributed by atoms with E-state index < -0.39 is 5.82 Å². The van der Waals surface area contributed by atoms with Crippen LogP contribution >= 0.6 is 0 Å². The summed E-state index contributed by atoms with van der Waals surface area (Å²) < 4.78 is 19.3. The average Bonchev–Trinajstić information content (AvgIpc) is 3.04. The van der Waals surface area contributed by atoms with Crippen LogP contribution in [0.15, 0.2) is 12.1 Å². The summed E-state index contributed by atoms with van der Waals surface area (Å²) >= 11 is 0. The molecule has 1 aromatic rings. The Balaban J connectivity index is 1.39. The number of urea groups is 1. The van der Waals surface area contributed by atoms with Gasteiger partial charge in [0.2, 0.25) is 0 Å². The fourth-order valence-corrected chi connectivity index (χ4v) is 4.15. The van der Waals surface area contributed by atoms with E-state index in [1.165, 1.54) is 25.0 Å². The van der Waals surface area contributed by atoms with Crippen LogP contribution in [-0.2, 0) is 4.79 Å². The lowest BCUT2D eigenvalue weighted by Gasteiger charge is -2.29. The Labute approximate surface area is 156 Å².